The molecule has 0 fully saturated rings. The first-order valence-corrected chi connectivity index (χ1v) is 6.91. The van der Waals surface area contributed by atoms with Crippen molar-refractivity contribution in [2.24, 2.45) is 5.84 Å². The average Bonchev–Trinajstić information content (AvgIpc) is 2.92. The van der Waals surface area contributed by atoms with E-state index in [9.17, 15) is 0 Å². The molecule has 20 heavy (non-hydrogen) atoms. The minimum atomic E-state index is 0.0557. The molecule has 0 radical (unpaired) electrons. The minimum absolute atomic E-state index is 0.0557. The first-order chi connectivity index (χ1) is 9.72. The van der Waals surface area contributed by atoms with Crippen LogP contribution in [-0.2, 0) is 6.54 Å². The molecule has 5 nitrogen and oxygen atoms in total. The zero-order chi connectivity index (χ0) is 14.4. The van der Waals surface area contributed by atoms with Gasteiger partial charge < -0.3 is 4.74 Å². The SMILES string of the molecule is CCn1cc(C(CCOc2cccc(C)c2)NN)cn1. The van der Waals surface area contributed by atoms with Gasteiger partial charge in [-0.3, -0.25) is 16.0 Å². The van der Waals surface area contributed by atoms with Crippen LogP contribution in [0.15, 0.2) is 36.7 Å². The molecule has 0 spiro atoms. The van der Waals surface area contributed by atoms with E-state index in [1.54, 1.807) is 0 Å². The zero-order valence-electron chi connectivity index (χ0n) is 12.0. The molecule has 5 heteroatoms. The standard InChI is InChI=1S/C15H22N4O/c1-3-19-11-13(10-17-19)15(18-16)7-8-20-14-6-4-5-12(2)9-14/h4-6,9-11,15,18H,3,7-8,16H2,1-2H3. The van der Waals surface area contributed by atoms with E-state index in [-0.39, 0.29) is 6.04 Å². The van der Waals surface area contributed by atoms with Crippen LogP contribution < -0.4 is 16.0 Å². The first kappa shape index (κ1) is 14.6. The van der Waals surface area contributed by atoms with E-state index in [2.05, 4.69) is 30.4 Å². The van der Waals surface area contributed by atoms with Crippen LogP contribution in [0.25, 0.3) is 0 Å². The lowest BCUT2D eigenvalue weighted by Crippen LogP contribution is -2.29. The summed E-state index contributed by atoms with van der Waals surface area (Å²) in [4.78, 5) is 0. The van der Waals surface area contributed by atoms with Crippen molar-refractivity contribution in [3.8, 4) is 5.75 Å². The molecule has 0 amide bonds. The lowest BCUT2D eigenvalue weighted by molar-refractivity contribution is 0.287. The number of nitrogens with two attached hydrogens (primary N) is 1. The Labute approximate surface area is 119 Å². The predicted octanol–water partition coefficient (Wildman–Crippen LogP) is 2.18. The summed E-state index contributed by atoms with van der Waals surface area (Å²) in [6.07, 6.45) is 4.65. The zero-order valence-corrected chi connectivity index (χ0v) is 12.0. The van der Waals surface area contributed by atoms with Crippen molar-refractivity contribution in [1.82, 2.24) is 15.2 Å². The normalized spacial score (nSPS) is 12.3. The highest BCUT2D eigenvalue weighted by atomic mass is 16.5. The van der Waals surface area contributed by atoms with Crippen LogP contribution in [0.1, 0.15) is 30.5 Å². The highest BCUT2D eigenvalue weighted by molar-refractivity contribution is 5.27. The van der Waals surface area contributed by atoms with Crippen LogP contribution in [-0.4, -0.2) is 16.4 Å². The average molecular weight is 274 g/mol. The third kappa shape index (κ3) is 3.82. The molecule has 0 saturated heterocycles. The fourth-order valence-corrected chi connectivity index (χ4v) is 2.08. The van der Waals surface area contributed by atoms with Crippen molar-refractivity contribution in [3.05, 3.63) is 47.8 Å². The third-order valence-electron chi connectivity index (χ3n) is 3.25. The van der Waals surface area contributed by atoms with Gasteiger partial charge in [0.05, 0.1) is 18.8 Å². The van der Waals surface area contributed by atoms with Crippen LogP contribution in [0.2, 0.25) is 0 Å². The maximum absolute atomic E-state index is 5.75. The molecule has 1 unspecified atom stereocenters. The van der Waals surface area contributed by atoms with Gasteiger partial charge in [-0.05, 0) is 31.5 Å². The lowest BCUT2D eigenvalue weighted by atomic mass is 10.1. The Balaban J connectivity index is 1.87. The Morgan fingerprint density at radius 1 is 1.45 bits per heavy atom. The number of benzene rings is 1. The fraction of sp³-hybridized carbons (Fsp3) is 0.400. The number of hydrazine groups is 1. The molecule has 0 bridgehead atoms. The van der Waals surface area contributed by atoms with Gasteiger partial charge in [0.15, 0.2) is 0 Å². The molecule has 2 rings (SSSR count). The quantitative estimate of drug-likeness (QED) is 0.600. The van der Waals surface area contributed by atoms with Crippen LogP contribution >= 0.6 is 0 Å². The second kappa shape index (κ2) is 7.07. The number of nitrogens with one attached hydrogen (secondary N) is 1. The van der Waals surface area contributed by atoms with E-state index in [0.717, 1.165) is 24.3 Å². The smallest absolute Gasteiger partial charge is 0.119 e. The molecule has 1 atom stereocenters. The van der Waals surface area contributed by atoms with Gasteiger partial charge in [-0.2, -0.15) is 5.10 Å². The Bertz CT molecular complexity index is 538. The van der Waals surface area contributed by atoms with E-state index in [4.69, 9.17) is 10.6 Å². The van der Waals surface area contributed by atoms with Crippen LogP contribution in [0.5, 0.6) is 5.75 Å². The summed E-state index contributed by atoms with van der Waals surface area (Å²) >= 11 is 0. The number of rotatable bonds is 7. The summed E-state index contributed by atoms with van der Waals surface area (Å²) < 4.78 is 7.64. The van der Waals surface area contributed by atoms with Crippen molar-refractivity contribution in [2.45, 2.75) is 32.9 Å². The molecule has 108 valence electrons. The van der Waals surface area contributed by atoms with E-state index in [1.807, 2.05) is 35.3 Å². The van der Waals surface area contributed by atoms with Gasteiger partial charge in [0.25, 0.3) is 0 Å². The van der Waals surface area contributed by atoms with Gasteiger partial charge in [-0.25, -0.2) is 0 Å². The highest BCUT2D eigenvalue weighted by Gasteiger charge is 2.12. The van der Waals surface area contributed by atoms with E-state index in [1.165, 1.54) is 5.56 Å². The largest absolute Gasteiger partial charge is 0.494 e. The maximum Gasteiger partial charge on any atom is 0.119 e. The number of hydrogen-bond acceptors (Lipinski definition) is 4. The van der Waals surface area contributed by atoms with Crippen molar-refractivity contribution in [1.29, 1.82) is 0 Å². The van der Waals surface area contributed by atoms with Crippen molar-refractivity contribution >= 4 is 0 Å². The number of nitrogens with zero attached hydrogens (tertiary/aromatic N) is 2. The van der Waals surface area contributed by atoms with Gasteiger partial charge in [0.2, 0.25) is 0 Å². The second-order valence-corrected chi connectivity index (χ2v) is 4.80. The molecule has 1 aromatic heterocycles. The summed E-state index contributed by atoms with van der Waals surface area (Å²) in [5, 5.41) is 4.26. The second-order valence-electron chi connectivity index (χ2n) is 4.80. The van der Waals surface area contributed by atoms with Crippen LogP contribution in [0.4, 0.5) is 0 Å². The summed E-state index contributed by atoms with van der Waals surface area (Å²) in [6.45, 7) is 5.57. The highest BCUT2D eigenvalue weighted by Crippen LogP contribution is 2.17. The number of aromatic nitrogens is 2. The van der Waals surface area contributed by atoms with Gasteiger partial charge in [-0.15, -0.1) is 0 Å². The van der Waals surface area contributed by atoms with Crippen molar-refractivity contribution in [2.75, 3.05) is 6.61 Å². The number of aryl methyl sites for hydroxylation is 2. The van der Waals surface area contributed by atoms with Gasteiger partial charge in [0, 0.05) is 24.7 Å². The number of hydrogen-bond donors (Lipinski definition) is 2. The van der Waals surface area contributed by atoms with Crippen LogP contribution in [0, 0.1) is 6.92 Å². The third-order valence-corrected chi connectivity index (χ3v) is 3.25. The minimum Gasteiger partial charge on any atom is -0.494 e. The number of ether oxygens (including phenoxy) is 1. The predicted molar refractivity (Wildman–Crippen MR) is 79.3 cm³/mol. The molecule has 3 N–H and O–H groups in total. The van der Waals surface area contributed by atoms with Gasteiger partial charge in [-0.1, -0.05) is 12.1 Å². The maximum atomic E-state index is 5.75. The monoisotopic (exact) mass is 274 g/mol. The van der Waals surface area contributed by atoms with Crippen LogP contribution in [0.3, 0.4) is 0 Å². The van der Waals surface area contributed by atoms with E-state index >= 15 is 0 Å². The molecule has 0 aliphatic carbocycles. The fourth-order valence-electron chi connectivity index (χ4n) is 2.08. The molecule has 0 saturated carbocycles. The Morgan fingerprint density at radius 2 is 2.30 bits per heavy atom. The van der Waals surface area contributed by atoms with E-state index < -0.39 is 0 Å². The molecular weight excluding hydrogens is 252 g/mol. The Kier molecular flexibility index (Phi) is 5.15. The van der Waals surface area contributed by atoms with Crippen molar-refractivity contribution < 1.29 is 4.74 Å². The molecule has 0 aliphatic heterocycles. The molecule has 1 aromatic carbocycles. The Hall–Kier alpha value is -1.85. The molecule has 0 aliphatic rings. The van der Waals surface area contributed by atoms with Gasteiger partial charge in [0.1, 0.15) is 5.75 Å². The lowest BCUT2D eigenvalue weighted by Gasteiger charge is -2.14. The summed E-state index contributed by atoms with van der Waals surface area (Å²) in [7, 11) is 0. The topological polar surface area (TPSA) is 65.1 Å². The molecule has 1 heterocycles. The first-order valence-electron chi connectivity index (χ1n) is 6.91. The molecule has 2 aromatic rings. The Morgan fingerprint density at radius 3 is 2.95 bits per heavy atom. The molecular formula is C15H22N4O. The van der Waals surface area contributed by atoms with Crippen molar-refractivity contribution in [3.63, 3.8) is 0 Å². The van der Waals surface area contributed by atoms with E-state index in [0.29, 0.717) is 6.61 Å². The summed E-state index contributed by atoms with van der Waals surface area (Å²) in [5.74, 6) is 6.51. The van der Waals surface area contributed by atoms with Gasteiger partial charge >= 0.3 is 0 Å². The summed E-state index contributed by atoms with van der Waals surface area (Å²) in [6, 6.07) is 8.10. The summed E-state index contributed by atoms with van der Waals surface area (Å²) in [5.41, 5.74) is 5.10.